The molecule has 3 rings (SSSR count). The van der Waals surface area contributed by atoms with Crippen molar-refractivity contribution in [2.24, 2.45) is 0 Å². The highest BCUT2D eigenvalue weighted by atomic mass is 32.2. The summed E-state index contributed by atoms with van der Waals surface area (Å²) in [5.74, 6) is 1.09. The van der Waals surface area contributed by atoms with Crippen molar-refractivity contribution >= 4 is 39.8 Å². The Labute approximate surface area is 172 Å². The predicted octanol–water partition coefficient (Wildman–Crippen LogP) is 3.27. The number of benzene rings is 1. The second-order valence-electron chi connectivity index (χ2n) is 6.24. The number of anilines is 2. The molecule has 1 fully saturated rings. The minimum atomic E-state index is -0.337. The Morgan fingerprint density at radius 2 is 2.07 bits per heavy atom. The normalized spacial score (nSPS) is 17.2. The van der Waals surface area contributed by atoms with Crippen LogP contribution in [-0.2, 0) is 9.53 Å². The van der Waals surface area contributed by atoms with E-state index in [1.165, 1.54) is 23.1 Å². The average molecular weight is 425 g/mol. The number of ether oxygens (including phenoxy) is 3. The first kappa shape index (κ1) is 20.7. The Bertz CT molecular complexity index is 773. The van der Waals surface area contributed by atoms with Crippen molar-refractivity contribution in [3.8, 4) is 11.5 Å². The smallest absolute Gasteiger partial charge is 0.237 e. The second kappa shape index (κ2) is 9.94. The van der Waals surface area contributed by atoms with Gasteiger partial charge in [-0.25, -0.2) is 0 Å². The molecular weight excluding hydrogens is 400 g/mol. The molecule has 1 amide bonds. The number of carbonyl (C=O) groups is 1. The van der Waals surface area contributed by atoms with Crippen molar-refractivity contribution < 1.29 is 19.0 Å². The third-order valence-corrected chi connectivity index (χ3v) is 6.24. The minimum Gasteiger partial charge on any atom is -0.497 e. The molecule has 8 nitrogen and oxygen atoms in total. The molecule has 0 spiro atoms. The van der Waals surface area contributed by atoms with Gasteiger partial charge in [0.05, 0.1) is 25.6 Å². The number of rotatable bonds is 9. The van der Waals surface area contributed by atoms with Gasteiger partial charge < -0.3 is 24.8 Å². The Kier molecular flexibility index (Phi) is 7.35. The highest BCUT2D eigenvalue weighted by molar-refractivity contribution is 8.02. The molecule has 0 saturated carbocycles. The molecule has 2 aromatic rings. The minimum absolute atomic E-state index is 0.135. The maximum Gasteiger partial charge on any atom is 0.237 e. The summed E-state index contributed by atoms with van der Waals surface area (Å²) >= 11 is 2.80. The fraction of sp³-hybridized carbons (Fsp3) is 0.500. The summed E-state index contributed by atoms with van der Waals surface area (Å²) in [6.07, 6.45) is 2.42. The summed E-state index contributed by atoms with van der Waals surface area (Å²) in [5, 5.41) is 14.8. The first-order chi connectivity index (χ1) is 13.6. The summed E-state index contributed by atoms with van der Waals surface area (Å²) < 4.78 is 16.8. The zero-order valence-corrected chi connectivity index (χ0v) is 17.7. The van der Waals surface area contributed by atoms with Crippen LogP contribution in [-0.4, -0.2) is 54.8 Å². The summed E-state index contributed by atoms with van der Waals surface area (Å²) in [5.41, 5.74) is 0.616. The van der Waals surface area contributed by atoms with Crippen molar-refractivity contribution in [2.75, 3.05) is 38.0 Å². The topological polar surface area (TPSA) is 94.6 Å². The van der Waals surface area contributed by atoms with Gasteiger partial charge in [0.15, 0.2) is 4.34 Å². The van der Waals surface area contributed by atoms with E-state index in [1.54, 1.807) is 32.4 Å². The summed E-state index contributed by atoms with van der Waals surface area (Å²) in [7, 11) is 3.14. The Morgan fingerprint density at radius 3 is 2.71 bits per heavy atom. The van der Waals surface area contributed by atoms with E-state index < -0.39 is 0 Å². The van der Waals surface area contributed by atoms with Crippen LogP contribution in [0, 0.1) is 0 Å². The van der Waals surface area contributed by atoms with Crippen molar-refractivity contribution in [1.29, 1.82) is 0 Å². The van der Waals surface area contributed by atoms with Gasteiger partial charge in [-0.2, -0.15) is 0 Å². The number of hydrogen-bond donors (Lipinski definition) is 2. The Hall–Kier alpha value is -2.04. The van der Waals surface area contributed by atoms with Crippen molar-refractivity contribution in [3.05, 3.63) is 18.2 Å². The fourth-order valence-corrected chi connectivity index (χ4v) is 4.57. The number of amides is 1. The molecule has 0 radical (unpaired) electrons. The van der Waals surface area contributed by atoms with Gasteiger partial charge in [0.1, 0.15) is 11.5 Å². The molecule has 1 aliphatic heterocycles. The number of thioether (sulfide) groups is 1. The number of hydrogen-bond acceptors (Lipinski definition) is 9. The van der Waals surface area contributed by atoms with E-state index in [0.29, 0.717) is 17.2 Å². The average Bonchev–Trinajstić information content (AvgIpc) is 3.37. The third-order valence-electron chi connectivity index (χ3n) is 4.18. The number of carbonyl (C=O) groups excluding carboxylic acids is 1. The van der Waals surface area contributed by atoms with Gasteiger partial charge in [-0.15, -0.1) is 10.2 Å². The molecule has 0 aliphatic carbocycles. The SMILES string of the molecule is COc1cc(NC(=O)[C@@H](C)Sc2nnc(NC[C@H]3CCCO3)s2)cc(OC)c1. The Balaban J connectivity index is 1.52. The first-order valence-corrected chi connectivity index (χ1v) is 10.7. The maximum absolute atomic E-state index is 12.5. The molecule has 1 aliphatic rings. The highest BCUT2D eigenvalue weighted by Crippen LogP contribution is 2.31. The number of methoxy groups -OCH3 is 2. The molecular formula is C18H24N4O4S2. The number of nitrogens with one attached hydrogen (secondary N) is 2. The van der Waals surface area contributed by atoms with Crippen LogP contribution >= 0.6 is 23.1 Å². The maximum atomic E-state index is 12.5. The van der Waals surface area contributed by atoms with Crippen molar-refractivity contribution in [1.82, 2.24) is 10.2 Å². The summed E-state index contributed by atoms with van der Waals surface area (Å²) in [6.45, 7) is 3.39. The zero-order valence-electron chi connectivity index (χ0n) is 16.1. The van der Waals surface area contributed by atoms with E-state index in [-0.39, 0.29) is 17.3 Å². The van der Waals surface area contributed by atoms with E-state index in [1.807, 2.05) is 6.92 Å². The van der Waals surface area contributed by atoms with Gasteiger partial charge >= 0.3 is 0 Å². The molecule has 152 valence electrons. The van der Waals surface area contributed by atoms with E-state index in [9.17, 15) is 4.79 Å². The van der Waals surface area contributed by atoms with E-state index in [0.717, 1.165) is 35.5 Å². The van der Waals surface area contributed by atoms with Crippen LogP contribution in [0.4, 0.5) is 10.8 Å². The molecule has 28 heavy (non-hydrogen) atoms. The first-order valence-electron chi connectivity index (χ1n) is 8.97. The third kappa shape index (κ3) is 5.73. The van der Waals surface area contributed by atoms with Gasteiger partial charge in [-0.1, -0.05) is 23.1 Å². The number of aromatic nitrogens is 2. The Morgan fingerprint density at radius 1 is 1.32 bits per heavy atom. The molecule has 1 saturated heterocycles. The lowest BCUT2D eigenvalue weighted by atomic mass is 10.2. The molecule has 1 aromatic carbocycles. The van der Waals surface area contributed by atoms with Gasteiger partial charge in [0.25, 0.3) is 0 Å². The van der Waals surface area contributed by atoms with Crippen LogP contribution in [0.2, 0.25) is 0 Å². The number of nitrogens with zero attached hydrogens (tertiary/aromatic N) is 2. The summed E-state index contributed by atoms with van der Waals surface area (Å²) in [6, 6.07) is 5.24. The quantitative estimate of drug-likeness (QED) is 0.593. The largest absolute Gasteiger partial charge is 0.497 e. The lowest BCUT2D eigenvalue weighted by molar-refractivity contribution is -0.115. The van der Waals surface area contributed by atoms with Crippen LogP contribution < -0.4 is 20.1 Å². The molecule has 2 heterocycles. The monoisotopic (exact) mass is 424 g/mol. The fourth-order valence-electron chi connectivity index (χ4n) is 2.66. The van der Waals surface area contributed by atoms with Gasteiger partial charge in [-0.3, -0.25) is 4.79 Å². The van der Waals surface area contributed by atoms with Crippen molar-refractivity contribution in [2.45, 2.75) is 35.5 Å². The van der Waals surface area contributed by atoms with Crippen LogP contribution in [0.5, 0.6) is 11.5 Å². The molecule has 1 aromatic heterocycles. The summed E-state index contributed by atoms with van der Waals surface area (Å²) in [4.78, 5) is 12.5. The lowest BCUT2D eigenvalue weighted by Crippen LogP contribution is -2.22. The van der Waals surface area contributed by atoms with Crippen LogP contribution in [0.3, 0.4) is 0 Å². The van der Waals surface area contributed by atoms with Crippen LogP contribution in [0.25, 0.3) is 0 Å². The van der Waals surface area contributed by atoms with E-state index in [2.05, 4.69) is 20.8 Å². The van der Waals surface area contributed by atoms with Crippen LogP contribution in [0.15, 0.2) is 22.5 Å². The standard InChI is InChI=1S/C18H24N4O4S2/c1-11(16(23)20-12-7-14(24-2)9-15(8-12)25-3)27-18-22-21-17(28-18)19-10-13-5-4-6-26-13/h7-9,11,13H,4-6,10H2,1-3H3,(H,19,21)(H,20,23)/t11-,13-/m1/s1. The second-order valence-corrected chi connectivity index (χ2v) is 8.81. The van der Waals surface area contributed by atoms with Gasteiger partial charge in [0, 0.05) is 37.0 Å². The van der Waals surface area contributed by atoms with Crippen molar-refractivity contribution in [3.63, 3.8) is 0 Å². The molecule has 10 heteroatoms. The molecule has 0 unspecified atom stereocenters. The van der Waals surface area contributed by atoms with E-state index in [4.69, 9.17) is 14.2 Å². The van der Waals surface area contributed by atoms with Gasteiger partial charge in [0.2, 0.25) is 11.0 Å². The molecule has 2 N–H and O–H groups in total. The molecule has 0 bridgehead atoms. The van der Waals surface area contributed by atoms with E-state index >= 15 is 0 Å². The molecule has 2 atom stereocenters. The van der Waals surface area contributed by atoms with Gasteiger partial charge in [-0.05, 0) is 19.8 Å². The highest BCUT2D eigenvalue weighted by Gasteiger charge is 2.19. The lowest BCUT2D eigenvalue weighted by Gasteiger charge is -2.12. The predicted molar refractivity (Wildman–Crippen MR) is 111 cm³/mol. The zero-order chi connectivity index (χ0) is 19.9. The van der Waals surface area contributed by atoms with Crippen LogP contribution in [0.1, 0.15) is 19.8 Å².